The van der Waals surface area contributed by atoms with Crippen LogP contribution in [0.25, 0.3) is 10.6 Å². The molecule has 0 aliphatic carbocycles. The maximum absolute atomic E-state index is 10.9. The molecule has 1 aliphatic rings. The monoisotopic (exact) mass is 356 g/mol. The molecule has 1 fully saturated rings. The van der Waals surface area contributed by atoms with Crippen LogP contribution in [0.1, 0.15) is 42.2 Å². The number of carbonyl (C=O) groups is 1. The van der Waals surface area contributed by atoms with Crippen LogP contribution in [0.5, 0.6) is 0 Å². The predicted octanol–water partition coefficient (Wildman–Crippen LogP) is 4.69. The van der Waals surface area contributed by atoms with E-state index in [0.29, 0.717) is 5.56 Å². The zero-order chi connectivity index (χ0) is 17.6. The van der Waals surface area contributed by atoms with Gasteiger partial charge < -0.3 is 5.11 Å². The van der Waals surface area contributed by atoms with Crippen molar-refractivity contribution in [1.82, 2.24) is 9.88 Å². The predicted molar refractivity (Wildman–Crippen MR) is 102 cm³/mol. The van der Waals surface area contributed by atoms with Crippen LogP contribution in [-0.2, 0) is 6.54 Å². The van der Waals surface area contributed by atoms with Gasteiger partial charge in [-0.25, -0.2) is 9.78 Å². The number of carboxylic acid groups (broad SMARTS) is 1. The topological polar surface area (TPSA) is 53.4 Å². The smallest absolute Gasteiger partial charge is 0.335 e. The van der Waals surface area contributed by atoms with E-state index in [2.05, 4.69) is 29.4 Å². The molecule has 1 atom stereocenters. The van der Waals surface area contributed by atoms with E-state index in [1.807, 2.05) is 12.1 Å². The Morgan fingerprint density at radius 3 is 2.92 bits per heavy atom. The first-order valence-corrected chi connectivity index (χ1v) is 9.65. The van der Waals surface area contributed by atoms with Crippen LogP contribution < -0.4 is 0 Å². The zero-order valence-corrected chi connectivity index (χ0v) is 15.3. The summed E-state index contributed by atoms with van der Waals surface area (Å²) in [5.74, 6) is -0.143. The molecule has 1 aromatic carbocycles. The lowest BCUT2D eigenvalue weighted by Gasteiger charge is -2.31. The van der Waals surface area contributed by atoms with Gasteiger partial charge in [-0.05, 0) is 50.8 Å². The van der Waals surface area contributed by atoms with E-state index in [1.54, 1.807) is 23.5 Å². The number of aromatic carboxylic acids is 1. The highest BCUT2D eigenvalue weighted by molar-refractivity contribution is 7.13. The van der Waals surface area contributed by atoms with E-state index in [0.717, 1.165) is 41.8 Å². The Labute approximate surface area is 152 Å². The zero-order valence-electron chi connectivity index (χ0n) is 14.5. The Hall–Kier alpha value is -1.98. The summed E-state index contributed by atoms with van der Waals surface area (Å²) in [6.45, 7) is 5.27. The van der Waals surface area contributed by atoms with Crippen LogP contribution in [0.2, 0.25) is 0 Å². The Morgan fingerprint density at radius 1 is 1.40 bits per heavy atom. The molecule has 0 amide bonds. The van der Waals surface area contributed by atoms with Crippen molar-refractivity contribution in [2.75, 3.05) is 13.1 Å². The lowest BCUT2D eigenvalue weighted by molar-refractivity contribution is 0.0697. The maximum atomic E-state index is 10.9. The summed E-state index contributed by atoms with van der Waals surface area (Å²) in [7, 11) is 0. The average molecular weight is 356 g/mol. The highest BCUT2D eigenvalue weighted by Crippen LogP contribution is 2.26. The van der Waals surface area contributed by atoms with Crippen molar-refractivity contribution in [3.8, 4) is 10.6 Å². The molecule has 1 N–H and O–H groups in total. The highest BCUT2D eigenvalue weighted by Gasteiger charge is 2.19. The van der Waals surface area contributed by atoms with Crippen molar-refractivity contribution in [2.45, 2.75) is 32.7 Å². The van der Waals surface area contributed by atoms with Crippen LogP contribution in [-0.4, -0.2) is 34.0 Å². The fraction of sp³-hybridized carbons (Fsp3) is 0.400. The molecule has 0 radical (unpaired) electrons. The SMILES string of the molecule is CC=CCC1CCCN(Cc2csc(-c3ccc(C(=O)O)cc3)n2)C1. The molecule has 132 valence electrons. The Morgan fingerprint density at radius 2 is 2.20 bits per heavy atom. The number of aromatic nitrogens is 1. The first kappa shape index (κ1) is 17.8. The summed E-state index contributed by atoms with van der Waals surface area (Å²) < 4.78 is 0. The minimum atomic E-state index is -0.899. The van der Waals surface area contributed by atoms with Crippen LogP contribution in [0.15, 0.2) is 41.8 Å². The molecule has 4 nitrogen and oxygen atoms in total. The standard InChI is InChI=1S/C20H24N2O2S/c1-2-3-5-15-6-4-11-22(12-15)13-18-14-25-19(21-18)16-7-9-17(10-8-16)20(23)24/h2-3,7-10,14-15H,4-6,11-13H2,1H3,(H,23,24). The lowest BCUT2D eigenvalue weighted by atomic mass is 9.94. The van der Waals surface area contributed by atoms with Crippen molar-refractivity contribution >= 4 is 17.3 Å². The third-order valence-electron chi connectivity index (χ3n) is 4.62. The minimum Gasteiger partial charge on any atom is -0.478 e. The molecule has 2 aromatic rings. The van der Waals surface area contributed by atoms with Gasteiger partial charge in [0.25, 0.3) is 0 Å². The lowest BCUT2D eigenvalue weighted by Crippen LogP contribution is -2.34. The van der Waals surface area contributed by atoms with Crippen molar-refractivity contribution in [1.29, 1.82) is 0 Å². The van der Waals surface area contributed by atoms with E-state index < -0.39 is 5.97 Å². The molecule has 0 saturated carbocycles. The van der Waals surface area contributed by atoms with Crippen LogP contribution in [0.4, 0.5) is 0 Å². The summed E-state index contributed by atoms with van der Waals surface area (Å²) in [6.07, 6.45) is 8.16. The van der Waals surface area contributed by atoms with Gasteiger partial charge in [0.1, 0.15) is 5.01 Å². The third-order valence-corrected chi connectivity index (χ3v) is 5.56. The third kappa shape index (κ3) is 4.77. The van der Waals surface area contributed by atoms with E-state index >= 15 is 0 Å². The number of nitrogens with zero attached hydrogens (tertiary/aromatic N) is 2. The molecule has 0 bridgehead atoms. The van der Waals surface area contributed by atoms with Crippen molar-refractivity contribution < 1.29 is 9.90 Å². The number of hydrogen-bond acceptors (Lipinski definition) is 4. The van der Waals surface area contributed by atoms with E-state index in [9.17, 15) is 4.79 Å². The van der Waals surface area contributed by atoms with Crippen LogP contribution >= 0.6 is 11.3 Å². The molecular formula is C20H24N2O2S. The van der Waals surface area contributed by atoms with Gasteiger partial charge in [-0.3, -0.25) is 4.90 Å². The fourth-order valence-corrected chi connectivity index (χ4v) is 4.13. The number of likely N-dealkylation sites (tertiary alicyclic amines) is 1. The van der Waals surface area contributed by atoms with Gasteiger partial charge in [0.2, 0.25) is 0 Å². The Balaban J connectivity index is 1.62. The van der Waals surface area contributed by atoms with E-state index in [-0.39, 0.29) is 0 Å². The van der Waals surface area contributed by atoms with Crippen molar-refractivity contribution in [2.24, 2.45) is 5.92 Å². The highest BCUT2D eigenvalue weighted by atomic mass is 32.1. The summed E-state index contributed by atoms with van der Waals surface area (Å²) in [6, 6.07) is 6.94. The summed E-state index contributed by atoms with van der Waals surface area (Å²) in [4.78, 5) is 18.2. The van der Waals surface area contributed by atoms with Crippen molar-refractivity contribution in [3.63, 3.8) is 0 Å². The average Bonchev–Trinajstić information content (AvgIpc) is 3.09. The number of rotatable bonds is 6. The first-order chi connectivity index (χ1) is 12.2. The number of piperidine rings is 1. The largest absolute Gasteiger partial charge is 0.478 e. The molecule has 2 heterocycles. The second-order valence-electron chi connectivity index (χ2n) is 6.57. The molecule has 3 rings (SSSR count). The maximum Gasteiger partial charge on any atom is 0.335 e. The van der Waals surface area contributed by atoms with Crippen LogP contribution in [0, 0.1) is 5.92 Å². The van der Waals surface area contributed by atoms with Gasteiger partial charge in [-0.2, -0.15) is 0 Å². The van der Waals surface area contributed by atoms with Gasteiger partial charge in [-0.15, -0.1) is 11.3 Å². The fourth-order valence-electron chi connectivity index (χ4n) is 3.31. The number of thiazole rings is 1. The molecule has 0 spiro atoms. The van der Waals surface area contributed by atoms with Crippen molar-refractivity contribution in [3.05, 3.63) is 53.1 Å². The molecule has 1 aromatic heterocycles. The molecular weight excluding hydrogens is 332 g/mol. The molecule has 1 unspecified atom stereocenters. The minimum absolute atomic E-state index is 0.306. The number of hydrogen-bond donors (Lipinski definition) is 1. The molecule has 1 aliphatic heterocycles. The Kier molecular flexibility index (Phi) is 6.00. The van der Waals surface area contributed by atoms with Gasteiger partial charge in [0, 0.05) is 24.0 Å². The van der Waals surface area contributed by atoms with Gasteiger partial charge >= 0.3 is 5.97 Å². The molecule has 5 heteroatoms. The summed E-state index contributed by atoms with van der Waals surface area (Å²) in [5, 5.41) is 12.1. The summed E-state index contributed by atoms with van der Waals surface area (Å²) >= 11 is 1.62. The quantitative estimate of drug-likeness (QED) is 0.763. The molecule has 25 heavy (non-hydrogen) atoms. The second kappa shape index (κ2) is 8.41. The normalized spacial score (nSPS) is 18.7. The first-order valence-electron chi connectivity index (χ1n) is 8.77. The number of benzene rings is 1. The second-order valence-corrected chi connectivity index (χ2v) is 7.43. The molecule has 1 saturated heterocycles. The van der Waals surface area contributed by atoms with E-state index in [4.69, 9.17) is 10.1 Å². The van der Waals surface area contributed by atoms with E-state index in [1.165, 1.54) is 19.3 Å². The number of carboxylic acids is 1. The van der Waals surface area contributed by atoms with Crippen LogP contribution in [0.3, 0.4) is 0 Å². The van der Waals surface area contributed by atoms with Gasteiger partial charge in [0.05, 0.1) is 11.3 Å². The van der Waals surface area contributed by atoms with Gasteiger partial charge in [-0.1, -0.05) is 24.3 Å². The summed E-state index contributed by atoms with van der Waals surface area (Å²) in [5.41, 5.74) is 2.39. The number of allylic oxidation sites excluding steroid dienone is 2. The Bertz CT molecular complexity index is 736. The van der Waals surface area contributed by atoms with Gasteiger partial charge in [0.15, 0.2) is 0 Å².